The van der Waals surface area contributed by atoms with Crippen LogP contribution in [0.5, 0.6) is 0 Å². The SMILES string of the molecule is N#Cc1ccc(-c2nnc(CCCC(=O)O)o2)cc1. The molecule has 1 heterocycles. The average Bonchev–Trinajstić information content (AvgIpc) is 2.87. The van der Waals surface area contributed by atoms with Crippen LogP contribution in [0.4, 0.5) is 0 Å². The quantitative estimate of drug-likeness (QED) is 0.879. The summed E-state index contributed by atoms with van der Waals surface area (Å²) in [5.74, 6) is -0.0535. The van der Waals surface area contributed by atoms with Gasteiger partial charge in [0.25, 0.3) is 0 Å². The number of aromatic nitrogens is 2. The van der Waals surface area contributed by atoms with Gasteiger partial charge in [-0.3, -0.25) is 4.79 Å². The van der Waals surface area contributed by atoms with Crippen LogP contribution in [0.2, 0.25) is 0 Å². The normalized spacial score (nSPS) is 10.1. The molecule has 0 aliphatic carbocycles. The van der Waals surface area contributed by atoms with Crippen molar-refractivity contribution >= 4 is 5.97 Å². The lowest BCUT2D eigenvalue weighted by atomic mass is 10.1. The minimum absolute atomic E-state index is 0.0780. The van der Waals surface area contributed by atoms with E-state index in [1.165, 1.54) is 0 Å². The highest BCUT2D eigenvalue weighted by Crippen LogP contribution is 2.18. The van der Waals surface area contributed by atoms with E-state index in [0.29, 0.717) is 30.2 Å². The second kappa shape index (κ2) is 5.78. The van der Waals surface area contributed by atoms with Crippen molar-refractivity contribution in [2.24, 2.45) is 0 Å². The van der Waals surface area contributed by atoms with Gasteiger partial charge in [-0.15, -0.1) is 10.2 Å². The first kappa shape index (κ1) is 12.8. The molecule has 6 heteroatoms. The first-order valence-electron chi connectivity index (χ1n) is 5.74. The van der Waals surface area contributed by atoms with Crippen molar-refractivity contribution in [2.45, 2.75) is 19.3 Å². The zero-order chi connectivity index (χ0) is 13.7. The van der Waals surface area contributed by atoms with Crippen molar-refractivity contribution < 1.29 is 14.3 Å². The molecule has 0 amide bonds. The summed E-state index contributed by atoms with van der Waals surface area (Å²) in [5, 5.41) is 25.0. The Morgan fingerprint density at radius 3 is 2.68 bits per heavy atom. The second-order valence-corrected chi connectivity index (χ2v) is 3.94. The van der Waals surface area contributed by atoms with E-state index in [0.717, 1.165) is 5.56 Å². The minimum atomic E-state index is -0.841. The van der Waals surface area contributed by atoms with E-state index in [1.807, 2.05) is 6.07 Å². The predicted molar refractivity (Wildman–Crippen MR) is 65.0 cm³/mol. The van der Waals surface area contributed by atoms with Crippen molar-refractivity contribution in [3.63, 3.8) is 0 Å². The lowest BCUT2D eigenvalue weighted by Crippen LogP contribution is -1.95. The molecule has 2 aromatic rings. The molecule has 96 valence electrons. The van der Waals surface area contributed by atoms with Gasteiger partial charge < -0.3 is 9.52 Å². The van der Waals surface area contributed by atoms with Crippen molar-refractivity contribution in [2.75, 3.05) is 0 Å². The van der Waals surface area contributed by atoms with E-state index in [1.54, 1.807) is 24.3 Å². The molecule has 0 aliphatic heterocycles. The highest BCUT2D eigenvalue weighted by molar-refractivity contribution is 5.66. The van der Waals surface area contributed by atoms with E-state index in [2.05, 4.69) is 10.2 Å². The average molecular weight is 257 g/mol. The molecule has 1 aromatic carbocycles. The summed E-state index contributed by atoms with van der Waals surface area (Å²) in [6.07, 6.45) is 0.981. The Morgan fingerprint density at radius 2 is 2.05 bits per heavy atom. The Balaban J connectivity index is 2.03. The number of carboxylic acid groups (broad SMARTS) is 1. The molecule has 0 atom stereocenters. The number of hydrogen-bond donors (Lipinski definition) is 1. The number of carboxylic acids is 1. The van der Waals surface area contributed by atoms with E-state index in [9.17, 15) is 4.79 Å². The summed E-state index contributed by atoms with van der Waals surface area (Å²) < 4.78 is 5.43. The lowest BCUT2D eigenvalue weighted by molar-refractivity contribution is -0.137. The third-order valence-electron chi connectivity index (χ3n) is 2.51. The number of aryl methyl sites for hydroxylation is 1. The van der Waals surface area contributed by atoms with Gasteiger partial charge in [-0.1, -0.05) is 0 Å². The Hall–Kier alpha value is -2.68. The molecular weight excluding hydrogens is 246 g/mol. The molecule has 0 fully saturated rings. The van der Waals surface area contributed by atoms with Gasteiger partial charge in [0.1, 0.15) is 0 Å². The summed E-state index contributed by atoms with van der Waals surface area (Å²) in [7, 11) is 0. The van der Waals surface area contributed by atoms with Gasteiger partial charge in [0.15, 0.2) is 0 Å². The fraction of sp³-hybridized carbons (Fsp3) is 0.231. The van der Waals surface area contributed by atoms with Gasteiger partial charge >= 0.3 is 5.97 Å². The van der Waals surface area contributed by atoms with E-state index in [4.69, 9.17) is 14.8 Å². The fourth-order valence-corrected chi connectivity index (χ4v) is 1.55. The van der Waals surface area contributed by atoms with Crippen molar-refractivity contribution in [3.8, 4) is 17.5 Å². The minimum Gasteiger partial charge on any atom is -0.481 e. The Kier molecular flexibility index (Phi) is 3.88. The van der Waals surface area contributed by atoms with Gasteiger partial charge in [-0.05, 0) is 30.7 Å². The highest BCUT2D eigenvalue weighted by atomic mass is 16.4. The molecule has 0 aliphatic rings. The molecule has 2 rings (SSSR count). The van der Waals surface area contributed by atoms with E-state index in [-0.39, 0.29) is 6.42 Å². The van der Waals surface area contributed by atoms with Crippen LogP contribution >= 0.6 is 0 Å². The summed E-state index contributed by atoms with van der Waals surface area (Å²) >= 11 is 0. The van der Waals surface area contributed by atoms with Crippen molar-refractivity contribution in [1.29, 1.82) is 5.26 Å². The number of benzene rings is 1. The largest absolute Gasteiger partial charge is 0.481 e. The van der Waals surface area contributed by atoms with Gasteiger partial charge in [-0.25, -0.2) is 0 Å². The summed E-state index contributed by atoms with van der Waals surface area (Å²) in [4.78, 5) is 10.4. The molecule has 1 N–H and O–H groups in total. The smallest absolute Gasteiger partial charge is 0.303 e. The van der Waals surface area contributed by atoms with Crippen molar-refractivity contribution in [3.05, 3.63) is 35.7 Å². The Bertz CT molecular complexity index is 611. The number of rotatable bonds is 5. The molecule has 0 bridgehead atoms. The maximum absolute atomic E-state index is 10.4. The van der Waals surface area contributed by atoms with Crippen LogP contribution in [0.1, 0.15) is 24.3 Å². The van der Waals surface area contributed by atoms with Gasteiger partial charge in [0.2, 0.25) is 11.8 Å². The van der Waals surface area contributed by atoms with E-state index < -0.39 is 5.97 Å². The molecule has 0 saturated heterocycles. The number of nitriles is 1. The zero-order valence-corrected chi connectivity index (χ0v) is 10.0. The van der Waals surface area contributed by atoms with Crippen LogP contribution in [0.3, 0.4) is 0 Å². The number of aliphatic carboxylic acids is 1. The number of carbonyl (C=O) groups is 1. The monoisotopic (exact) mass is 257 g/mol. The molecule has 0 radical (unpaired) electrons. The highest BCUT2D eigenvalue weighted by Gasteiger charge is 2.09. The summed E-state index contributed by atoms with van der Waals surface area (Å²) in [5.41, 5.74) is 1.29. The first-order valence-corrected chi connectivity index (χ1v) is 5.74. The molecule has 6 nitrogen and oxygen atoms in total. The van der Waals surface area contributed by atoms with Gasteiger partial charge in [0, 0.05) is 18.4 Å². The molecule has 1 aromatic heterocycles. The third-order valence-corrected chi connectivity index (χ3v) is 2.51. The predicted octanol–water partition coefficient (Wildman–Crippen LogP) is 2.02. The van der Waals surface area contributed by atoms with Gasteiger partial charge in [0.05, 0.1) is 11.6 Å². The maximum Gasteiger partial charge on any atom is 0.303 e. The lowest BCUT2D eigenvalue weighted by Gasteiger charge is -1.94. The number of hydrogen-bond acceptors (Lipinski definition) is 5. The molecular formula is C13H11N3O3. The zero-order valence-electron chi connectivity index (χ0n) is 10.0. The molecule has 0 spiro atoms. The number of nitrogens with zero attached hydrogens (tertiary/aromatic N) is 3. The topological polar surface area (TPSA) is 100 Å². The van der Waals surface area contributed by atoms with Crippen LogP contribution in [0.25, 0.3) is 11.5 Å². The van der Waals surface area contributed by atoms with Crippen LogP contribution in [0, 0.1) is 11.3 Å². The van der Waals surface area contributed by atoms with Crippen molar-refractivity contribution in [1.82, 2.24) is 10.2 Å². The van der Waals surface area contributed by atoms with Crippen LogP contribution in [-0.2, 0) is 11.2 Å². The van der Waals surface area contributed by atoms with Crippen LogP contribution < -0.4 is 0 Å². The van der Waals surface area contributed by atoms with Crippen LogP contribution in [-0.4, -0.2) is 21.3 Å². The van der Waals surface area contributed by atoms with E-state index >= 15 is 0 Å². The van der Waals surface area contributed by atoms with Crippen LogP contribution in [0.15, 0.2) is 28.7 Å². The fourth-order valence-electron chi connectivity index (χ4n) is 1.55. The molecule has 0 saturated carbocycles. The maximum atomic E-state index is 10.4. The second-order valence-electron chi connectivity index (χ2n) is 3.94. The first-order chi connectivity index (χ1) is 9.19. The molecule has 0 unspecified atom stereocenters. The standard InChI is InChI=1S/C13H11N3O3/c14-8-9-4-6-10(7-5-9)13-16-15-11(19-13)2-1-3-12(17)18/h4-7H,1-3H2,(H,17,18). The third kappa shape index (κ3) is 3.39. The summed E-state index contributed by atoms with van der Waals surface area (Å²) in [6.45, 7) is 0. The molecule has 19 heavy (non-hydrogen) atoms. The van der Waals surface area contributed by atoms with Gasteiger partial charge in [-0.2, -0.15) is 5.26 Å². The Labute approximate surface area is 109 Å². The summed E-state index contributed by atoms with van der Waals surface area (Å²) in [6, 6.07) is 8.83. The Morgan fingerprint density at radius 1 is 1.32 bits per heavy atom.